The van der Waals surface area contributed by atoms with Crippen molar-refractivity contribution in [2.75, 3.05) is 10.6 Å². The highest BCUT2D eigenvalue weighted by Crippen LogP contribution is 2.31. The minimum absolute atomic E-state index is 0.0162. The molecule has 0 aromatic heterocycles. The Kier molecular flexibility index (Phi) is 5.87. The molecule has 2 amide bonds. The summed E-state index contributed by atoms with van der Waals surface area (Å²) in [5, 5.41) is 14.7. The Bertz CT molecular complexity index is 860. The predicted molar refractivity (Wildman–Crippen MR) is 105 cm³/mol. The van der Waals surface area contributed by atoms with Crippen molar-refractivity contribution in [3.8, 4) is 6.07 Å². The number of hydrogen-bond acceptors (Lipinski definition) is 3. The number of hydrogen-bond donors (Lipinski definition) is 2. The fourth-order valence-electron chi connectivity index (χ4n) is 3.44. The molecule has 27 heavy (non-hydrogen) atoms. The summed E-state index contributed by atoms with van der Waals surface area (Å²) < 4.78 is 0. The number of nitriles is 1. The zero-order chi connectivity index (χ0) is 19.2. The van der Waals surface area contributed by atoms with Crippen LogP contribution < -0.4 is 10.6 Å². The normalized spacial score (nSPS) is 19.0. The van der Waals surface area contributed by atoms with Crippen LogP contribution in [0, 0.1) is 30.1 Å². The fraction of sp³-hybridized carbons (Fsp3) is 0.318. The number of aryl methyl sites for hydroxylation is 1. The van der Waals surface area contributed by atoms with E-state index in [0.29, 0.717) is 36.9 Å². The second-order valence-electron chi connectivity index (χ2n) is 7.03. The Morgan fingerprint density at radius 2 is 1.44 bits per heavy atom. The second-order valence-corrected chi connectivity index (χ2v) is 7.03. The van der Waals surface area contributed by atoms with Gasteiger partial charge in [-0.25, -0.2) is 0 Å². The van der Waals surface area contributed by atoms with Gasteiger partial charge in [-0.2, -0.15) is 5.26 Å². The number of rotatable bonds is 4. The Balaban J connectivity index is 1.50. The summed E-state index contributed by atoms with van der Waals surface area (Å²) in [6.07, 6.45) is 2.83. The molecule has 5 heteroatoms. The van der Waals surface area contributed by atoms with E-state index in [1.54, 1.807) is 24.3 Å². The van der Waals surface area contributed by atoms with Crippen LogP contribution in [0.1, 0.15) is 36.8 Å². The van der Waals surface area contributed by atoms with Gasteiger partial charge in [-0.15, -0.1) is 0 Å². The molecule has 138 valence electrons. The van der Waals surface area contributed by atoms with E-state index in [4.69, 9.17) is 5.26 Å². The van der Waals surface area contributed by atoms with Crippen LogP contribution in [0.15, 0.2) is 48.5 Å². The van der Waals surface area contributed by atoms with Crippen molar-refractivity contribution >= 4 is 23.2 Å². The van der Waals surface area contributed by atoms with Gasteiger partial charge in [0.2, 0.25) is 11.8 Å². The lowest BCUT2D eigenvalue weighted by Gasteiger charge is -2.27. The zero-order valence-corrected chi connectivity index (χ0v) is 15.4. The largest absolute Gasteiger partial charge is 0.326 e. The number of benzene rings is 2. The topological polar surface area (TPSA) is 82.0 Å². The first-order valence-corrected chi connectivity index (χ1v) is 9.24. The minimum Gasteiger partial charge on any atom is -0.326 e. The summed E-state index contributed by atoms with van der Waals surface area (Å²) in [5.74, 6) is -0.112. The first-order chi connectivity index (χ1) is 13.1. The molecular weight excluding hydrogens is 338 g/mol. The summed E-state index contributed by atoms with van der Waals surface area (Å²) in [7, 11) is 0. The number of nitrogens with zero attached hydrogens (tertiary/aromatic N) is 1. The molecule has 0 saturated heterocycles. The molecule has 0 atom stereocenters. The molecule has 1 fully saturated rings. The lowest BCUT2D eigenvalue weighted by molar-refractivity contribution is -0.125. The SMILES string of the molecule is Cc1ccccc1NC(=O)C1CCC(C(=O)Nc2ccc(C#N)cc2)CC1. The van der Waals surface area contributed by atoms with Gasteiger partial charge in [0.05, 0.1) is 11.6 Å². The molecule has 2 aromatic rings. The van der Waals surface area contributed by atoms with Gasteiger partial charge in [0.1, 0.15) is 0 Å². The van der Waals surface area contributed by atoms with Crippen LogP contribution in [0.25, 0.3) is 0 Å². The molecule has 0 aliphatic heterocycles. The highest BCUT2D eigenvalue weighted by Gasteiger charge is 2.30. The Morgan fingerprint density at radius 1 is 0.889 bits per heavy atom. The number of para-hydroxylation sites is 1. The molecule has 1 saturated carbocycles. The summed E-state index contributed by atoms with van der Waals surface area (Å²) in [6, 6.07) is 16.6. The van der Waals surface area contributed by atoms with Crippen molar-refractivity contribution in [1.29, 1.82) is 5.26 Å². The van der Waals surface area contributed by atoms with Crippen LogP contribution in [0.3, 0.4) is 0 Å². The van der Waals surface area contributed by atoms with E-state index in [9.17, 15) is 9.59 Å². The average Bonchev–Trinajstić information content (AvgIpc) is 2.70. The lowest BCUT2D eigenvalue weighted by Crippen LogP contribution is -2.32. The number of amides is 2. The van der Waals surface area contributed by atoms with E-state index in [0.717, 1.165) is 11.3 Å². The van der Waals surface area contributed by atoms with E-state index >= 15 is 0 Å². The van der Waals surface area contributed by atoms with Gasteiger partial charge in [-0.1, -0.05) is 18.2 Å². The van der Waals surface area contributed by atoms with Gasteiger partial charge in [0.25, 0.3) is 0 Å². The quantitative estimate of drug-likeness (QED) is 0.854. The molecule has 2 aromatic carbocycles. The van der Waals surface area contributed by atoms with Crippen molar-refractivity contribution in [3.05, 3.63) is 59.7 Å². The first kappa shape index (κ1) is 18.7. The standard InChI is InChI=1S/C22H23N3O2/c1-15-4-2-3-5-20(15)25-22(27)18-10-8-17(9-11-18)21(26)24-19-12-6-16(14-23)7-13-19/h2-7,12-13,17-18H,8-11H2,1H3,(H,24,26)(H,25,27). The van der Waals surface area contributed by atoms with E-state index in [1.807, 2.05) is 31.2 Å². The first-order valence-electron chi connectivity index (χ1n) is 9.24. The lowest BCUT2D eigenvalue weighted by atomic mass is 9.81. The number of nitrogens with one attached hydrogen (secondary N) is 2. The molecule has 2 N–H and O–H groups in total. The van der Waals surface area contributed by atoms with Gasteiger partial charge in [-0.05, 0) is 68.5 Å². The third-order valence-corrected chi connectivity index (χ3v) is 5.15. The van der Waals surface area contributed by atoms with Gasteiger partial charge >= 0.3 is 0 Å². The van der Waals surface area contributed by atoms with Crippen molar-refractivity contribution in [2.24, 2.45) is 11.8 Å². The summed E-state index contributed by atoms with van der Waals surface area (Å²) in [4.78, 5) is 25.0. The maximum Gasteiger partial charge on any atom is 0.227 e. The Labute approximate surface area is 159 Å². The maximum atomic E-state index is 12.5. The van der Waals surface area contributed by atoms with Crippen LogP contribution in [-0.2, 0) is 9.59 Å². The predicted octanol–water partition coefficient (Wildman–Crippen LogP) is 4.25. The third-order valence-electron chi connectivity index (χ3n) is 5.15. The van der Waals surface area contributed by atoms with Crippen LogP contribution in [0.5, 0.6) is 0 Å². The van der Waals surface area contributed by atoms with Crippen LogP contribution >= 0.6 is 0 Å². The average molecular weight is 361 g/mol. The van der Waals surface area contributed by atoms with E-state index in [-0.39, 0.29) is 23.7 Å². The third kappa shape index (κ3) is 4.73. The van der Waals surface area contributed by atoms with Gasteiger partial charge in [-0.3, -0.25) is 9.59 Å². The highest BCUT2D eigenvalue weighted by atomic mass is 16.2. The minimum atomic E-state index is -0.0804. The van der Waals surface area contributed by atoms with Gasteiger partial charge < -0.3 is 10.6 Å². The fourth-order valence-corrected chi connectivity index (χ4v) is 3.44. The summed E-state index contributed by atoms with van der Waals surface area (Å²) >= 11 is 0. The molecule has 0 unspecified atom stereocenters. The van der Waals surface area contributed by atoms with Crippen molar-refractivity contribution in [2.45, 2.75) is 32.6 Å². The molecule has 1 aliphatic rings. The monoisotopic (exact) mass is 361 g/mol. The molecule has 1 aliphatic carbocycles. The molecule has 0 radical (unpaired) electrons. The van der Waals surface area contributed by atoms with Crippen LogP contribution in [0.4, 0.5) is 11.4 Å². The molecule has 0 spiro atoms. The molecule has 5 nitrogen and oxygen atoms in total. The maximum absolute atomic E-state index is 12.5. The highest BCUT2D eigenvalue weighted by molar-refractivity contribution is 5.94. The zero-order valence-electron chi connectivity index (χ0n) is 15.4. The Hall–Kier alpha value is -3.13. The second kappa shape index (κ2) is 8.50. The smallest absolute Gasteiger partial charge is 0.227 e. The van der Waals surface area contributed by atoms with Crippen molar-refractivity contribution < 1.29 is 9.59 Å². The van der Waals surface area contributed by atoms with Crippen molar-refractivity contribution in [3.63, 3.8) is 0 Å². The van der Waals surface area contributed by atoms with Crippen LogP contribution in [-0.4, -0.2) is 11.8 Å². The van der Waals surface area contributed by atoms with Crippen LogP contribution in [0.2, 0.25) is 0 Å². The molecular formula is C22H23N3O2. The Morgan fingerprint density at radius 3 is 2.00 bits per heavy atom. The van der Waals surface area contributed by atoms with E-state index in [2.05, 4.69) is 16.7 Å². The van der Waals surface area contributed by atoms with E-state index < -0.39 is 0 Å². The van der Waals surface area contributed by atoms with E-state index in [1.165, 1.54) is 0 Å². The molecule has 0 heterocycles. The molecule has 0 bridgehead atoms. The number of anilines is 2. The summed E-state index contributed by atoms with van der Waals surface area (Å²) in [6.45, 7) is 1.97. The molecule has 3 rings (SSSR count). The number of carbonyl (C=O) groups is 2. The summed E-state index contributed by atoms with van der Waals surface area (Å²) in [5.41, 5.74) is 3.15. The van der Waals surface area contributed by atoms with Crippen molar-refractivity contribution in [1.82, 2.24) is 0 Å². The number of carbonyl (C=O) groups excluding carboxylic acids is 2. The van der Waals surface area contributed by atoms with Gasteiger partial charge in [0.15, 0.2) is 0 Å². The van der Waals surface area contributed by atoms with Gasteiger partial charge in [0, 0.05) is 23.2 Å².